The van der Waals surface area contributed by atoms with Crippen LogP contribution in [0.5, 0.6) is 11.5 Å². The van der Waals surface area contributed by atoms with E-state index < -0.39 is 0 Å². The van der Waals surface area contributed by atoms with Crippen molar-refractivity contribution in [1.82, 2.24) is 14.9 Å². The van der Waals surface area contributed by atoms with Crippen LogP contribution in [-0.2, 0) is 0 Å². The topological polar surface area (TPSA) is 62.5 Å². The molecule has 2 aromatic carbocycles. The summed E-state index contributed by atoms with van der Waals surface area (Å²) in [6.07, 6.45) is 1.79. The quantitative estimate of drug-likeness (QED) is 0.323. The highest BCUT2D eigenvalue weighted by atomic mass is 35.5. The summed E-state index contributed by atoms with van der Waals surface area (Å²) in [4.78, 5) is 6.75. The van der Waals surface area contributed by atoms with E-state index in [-0.39, 0.29) is 17.8 Å². The highest BCUT2D eigenvalue weighted by Gasteiger charge is 2.42. The number of hydrogen-bond acceptors (Lipinski definition) is 4. The third kappa shape index (κ3) is 4.11. The average Bonchev–Trinajstić information content (AvgIpc) is 3.36. The van der Waals surface area contributed by atoms with Gasteiger partial charge in [0.2, 0.25) is 0 Å². The molecular weight excluding hydrogens is 480 g/mol. The first-order valence-electron chi connectivity index (χ1n) is 11.2. The molecule has 0 radical (unpaired) electrons. The molecule has 1 aliphatic rings. The van der Waals surface area contributed by atoms with Gasteiger partial charge in [-0.15, -0.1) is 0 Å². The van der Waals surface area contributed by atoms with Crippen molar-refractivity contribution >= 4 is 34.6 Å². The molecule has 0 spiro atoms. The van der Waals surface area contributed by atoms with E-state index in [1.807, 2.05) is 60.9 Å². The largest absolute Gasteiger partial charge is 0.506 e. The van der Waals surface area contributed by atoms with Crippen LogP contribution in [0.25, 0.3) is 5.69 Å². The van der Waals surface area contributed by atoms with E-state index in [0.717, 1.165) is 34.1 Å². The maximum atomic E-state index is 10.6. The van der Waals surface area contributed by atoms with Gasteiger partial charge in [0, 0.05) is 34.4 Å². The number of benzene rings is 2. The normalized spacial score (nSPS) is 17.5. The van der Waals surface area contributed by atoms with Crippen molar-refractivity contribution in [3.63, 3.8) is 0 Å². The summed E-state index contributed by atoms with van der Waals surface area (Å²) in [6.45, 7) is 4.06. The van der Waals surface area contributed by atoms with Crippen LogP contribution in [-0.4, -0.2) is 26.9 Å². The Morgan fingerprint density at radius 3 is 2.63 bits per heavy atom. The van der Waals surface area contributed by atoms with Crippen LogP contribution < -0.4 is 15.0 Å². The van der Waals surface area contributed by atoms with Crippen LogP contribution in [0.2, 0.25) is 5.02 Å². The van der Waals surface area contributed by atoms with E-state index in [9.17, 15) is 5.11 Å². The minimum Gasteiger partial charge on any atom is -0.506 e. The van der Waals surface area contributed by atoms with Crippen LogP contribution in [0.3, 0.4) is 0 Å². The number of phenols is 1. The number of nitrogens with one attached hydrogen (secondary N) is 1. The fraction of sp³-hybridized carbons (Fsp3) is 0.185. The molecule has 35 heavy (non-hydrogen) atoms. The number of halogens is 1. The van der Waals surface area contributed by atoms with Gasteiger partial charge in [-0.1, -0.05) is 23.7 Å². The van der Waals surface area contributed by atoms with E-state index in [2.05, 4.69) is 21.3 Å². The minimum absolute atomic E-state index is 0.161. The van der Waals surface area contributed by atoms with Crippen molar-refractivity contribution in [2.75, 3.05) is 12.0 Å². The molecule has 2 atom stereocenters. The highest BCUT2D eigenvalue weighted by molar-refractivity contribution is 7.80. The number of pyridine rings is 1. The van der Waals surface area contributed by atoms with Gasteiger partial charge in [0.25, 0.3) is 0 Å². The summed E-state index contributed by atoms with van der Waals surface area (Å²) in [6, 6.07) is 20.6. The number of hydrogen-bond donors (Lipinski definition) is 2. The molecular formula is C27H25ClN4O2S. The number of aromatic hydroxyl groups is 1. The SMILES string of the molecule is COc1cccc(N2C(=S)N[C@H](c3ccccn3)[C@@H]2c2cc(C)n(-c3cc(Cl)ccc3O)c2C)c1. The molecule has 8 heteroatoms. The number of methoxy groups -OCH3 is 1. The molecule has 0 bridgehead atoms. The van der Waals surface area contributed by atoms with Crippen molar-refractivity contribution in [2.45, 2.75) is 25.9 Å². The fourth-order valence-electron chi connectivity index (χ4n) is 4.84. The molecule has 3 heterocycles. The van der Waals surface area contributed by atoms with E-state index >= 15 is 0 Å². The van der Waals surface area contributed by atoms with E-state index in [1.54, 1.807) is 31.5 Å². The van der Waals surface area contributed by atoms with Gasteiger partial charge < -0.3 is 24.6 Å². The first-order valence-corrected chi connectivity index (χ1v) is 12.0. The van der Waals surface area contributed by atoms with Crippen LogP contribution in [0, 0.1) is 13.8 Å². The number of thiocarbonyl (C=S) groups is 1. The molecule has 178 valence electrons. The second-order valence-electron chi connectivity index (χ2n) is 8.49. The minimum atomic E-state index is -0.189. The first-order chi connectivity index (χ1) is 16.9. The average molecular weight is 505 g/mol. The van der Waals surface area contributed by atoms with E-state index in [1.165, 1.54) is 0 Å². The maximum Gasteiger partial charge on any atom is 0.174 e. The molecule has 0 unspecified atom stereocenters. The maximum absolute atomic E-state index is 10.6. The zero-order valence-electron chi connectivity index (χ0n) is 19.6. The molecule has 0 amide bonds. The van der Waals surface area contributed by atoms with Gasteiger partial charge in [0.15, 0.2) is 5.11 Å². The van der Waals surface area contributed by atoms with Crippen molar-refractivity contribution in [3.05, 3.63) is 101 Å². The van der Waals surface area contributed by atoms with Gasteiger partial charge in [0.05, 0.1) is 30.6 Å². The van der Waals surface area contributed by atoms with Gasteiger partial charge in [-0.25, -0.2) is 0 Å². The Kier molecular flexibility index (Phi) is 6.13. The summed E-state index contributed by atoms with van der Waals surface area (Å²) in [5, 5.41) is 15.3. The number of anilines is 1. The standard InChI is InChI=1S/C27H25ClN4O2S/c1-16-13-21(17(2)31(16)23-14-18(28)10-11-24(23)33)26-25(22-9-4-5-12-29-22)30-27(35)32(26)19-7-6-8-20(15-19)34-3/h4-15,25-26,33H,1-3H3,(H,30,35)/t25-,26+/m1/s1. The van der Waals surface area contributed by atoms with Crippen molar-refractivity contribution in [2.24, 2.45) is 0 Å². The lowest BCUT2D eigenvalue weighted by molar-refractivity contribution is 0.415. The Labute approximate surface area is 214 Å². The monoisotopic (exact) mass is 504 g/mol. The number of aryl methyl sites for hydroxylation is 1. The summed E-state index contributed by atoms with van der Waals surface area (Å²) >= 11 is 12.1. The zero-order valence-corrected chi connectivity index (χ0v) is 21.1. The second kappa shape index (κ2) is 9.24. The molecule has 1 fully saturated rings. The third-order valence-corrected chi connectivity index (χ3v) is 6.95. The molecule has 6 nitrogen and oxygen atoms in total. The van der Waals surface area contributed by atoms with Crippen molar-refractivity contribution in [3.8, 4) is 17.2 Å². The van der Waals surface area contributed by atoms with Crippen LogP contribution in [0.4, 0.5) is 5.69 Å². The molecule has 0 aliphatic carbocycles. The number of ether oxygens (including phenoxy) is 1. The molecule has 5 rings (SSSR count). The molecule has 1 aliphatic heterocycles. The predicted molar refractivity (Wildman–Crippen MR) is 143 cm³/mol. The number of rotatable bonds is 5. The van der Waals surface area contributed by atoms with Crippen LogP contribution >= 0.6 is 23.8 Å². The van der Waals surface area contributed by atoms with E-state index in [0.29, 0.717) is 15.8 Å². The molecule has 0 saturated carbocycles. The summed E-state index contributed by atoms with van der Waals surface area (Å²) in [5.74, 6) is 0.911. The molecule has 1 saturated heterocycles. The lowest BCUT2D eigenvalue weighted by atomic mass is 9.96. The van der Waals surface area contributed by atoms with Crippen LogP contribution in [0.1, 0.15) is 34.7 Å². The van der Waals surface area contributed by atoms with Crippen molar-refractivity contribution in [1.29, 1.82) is 0 Å². The van der Waals surface area contributed by atoms with Gasteiger partial charge in [-0.3, -0.25) is 4.98 Å². The lowest BCUT2D eigenvalue weighted by Gasteiger charge is -2.28. The highest BCUT2D eigenvalue weighted by Crippen LogP contribution is 2.44. The van der Waals surface area contributed by atoms with Gasteiger partial charge in [0.1, 0.15) is 11.5 Å². The van der Waals surface area contributed by atoms with Gasteiger partial charge in [-0.05, 0) is 80.2 Å². The van der Waals surface area contributed by atoms with Gasteiger partial charge in [-0.2, -0.15) is 0 Å². The summed E-state index contributed by atoms with van der Waals surface area (Å²) in [5.41, 5.74) is 5.45. The van der Waals surface area contributed by atoms with Gasteiger partial charge >= 0.3 is 0 Å². The number of nitrogens with zero attached hydrogens (tertiary/aromatic N) is 3. The summed E-state index contributed by atoms with van der Waals surface area (Å²) in [7, 11) is 1.65. The number of aromatic nitrogens is 2. The van der Waals surface area contributed by atoms with E-state index in [4.69, 9.17) is 28.6 Å². The smallest absolute Gasteiger partial charge is 0.174 e. The van der Waals surface area contributed by atoms with Crippen LogP contribution in [0.15, 0.2) is 72.9 Å². The molecule has 4 aromatic rings. The van der Waals surface area contributed by atoms with Crippen molar-refractivity contribution < 1.29 is 9.84 Å². The fourth-order valence-corrected chi connectivity index (χ4v) is 5.36. The Bertz CT molecular complexity index is 1410. The third-order valence-electron chi connectivity index (χ3n) is 6.40. The Balaban J connectivity index is 1.70. The lowest BCUT2D eigenvalue weighted by Crippen LogP contribution is -2.29. The zero-order chi connectivity index (χ0) is 24.7. The Morgan fingerprint density at radius 2 is 1.89 bits per heavy atom. The number of phenolic OH excluding ortho intramolecular Hbond substituents is 1. The Hall–Kier alpha value is -3.55. The molecule has 2 aromatic heterocycles. The predicted octanol–water partition coefficient (Wildman–Crippen LogP) is 6.03. The first kappa shape index (κ1) is 23.2. The Morgan fingerprint density at radius 1 is 1.06 bits per heavy atom. The molecule has 2 N–H and O–H groups in total. The summed E-state index contributed by atoms with van der Waals surface area (Å²) < 4.78 is 7.51. The second-order valence-corrected chi connectivity index (χ2v) is 9.32.